The van der Waals surface area contributed by atoms with Gasteiger partial charge in [0.05, 0.1) is 4.90 Å². The number of alkyl halides is 2. The summed E-state index contributed by atoms with van der Waals surface area (Å²) in [7, 11) is -3.85. The fraction of sp³-hybridized carbons (Fsp3) is 0.0714. The van der Waals surface area contributed by atoms with E-state index in [1.54, 1.807) is 0 Å². The van der Waals surface area contributed by atoms with Crippen LogP contribution in [0.5, 0.6) is 0 Å². The molecule has 0 saturated heterocycles. The number of halogens is 2. The van der Waals surface area contributed by atoms with Crippen LogP contribution < -0.4 is 10.5 Å². The number of sulfonamides is 1. The van der Waals surface area contributed by atoms with Crippen LogP contribution in [0, 0.1) is 0 Å². The number of carbonyl (C=O) groups is 1. The van der Waals surface area contributed by atoms with Gasteiger partial charge < -0.3 is 5.73 Å². The molecule has 2 aromatic carbocycles. The summed E-state index contributed by atoms with van der Waals surface area (Å²) in [6.45, 7) is 0. The van der Waals surface area contributed by atoms with E-state index in [2.05, 4.69) is 4.72 Å². The van der Waals surface area contributed by atoms with Crippen LogP contribution in [0.4, 0.5) is 14.5 Å². The van der Waals surface area contributed by atoms with Crippen LogP contribution in [0.15, 0.2) is 58.3 Å². The summed E-state index contributed by atoms with van der Waals surface area (Å²) >= 11 is 0.371. The average Bonchev–Trinajstić information content (AvgIpc) is 2.48. The van der Waals surface area contributed by atoms with Crippen LogP contribution >= 0.6 is 11.8 Å². The summed E-state index contributed by atoms with van der Waals surface area (Å²) < 4.78 is 51.2. The van der Waals surface area contributed by atoms with E-state index in [1.807, 2.05) is 0 Å². The number of amides is 1. The third-order valence-electron chi connectivity index (χ3n) is 2.78. The number of carbonyl (C=O) groups excluding carboxylic acids is 1. The second-order valence-electron chi connectivity index (χ2n) is 4.40. The van der Waals surface area contributed by atoms with Gasteiger partial charge in [0.2, 0.25) is 5.91 Å². The van der Waals surface area contributed by atoms with Crippen LogP contribution in [0.1, 0.15) is 10.4 Å². The van der Waals surface area contributed by atoms with Gasteiger partial charge in [-0.2, -0.15) is 8.78 Å². The van der Waals surface area contributed by atoms with Crippen molar-refractivity contribution in [2.75, 3.05) is 4.72 Å². The van der Waals surface area contributed by atoms with E-state index < -0.39 is 21.7 Å². The SMILES string of the molecule is NC(=O)c1ccc(S(=O)(=O)Nc2ccc(SC(F)F)cc2)cc1. The van der Waals surface area contributed by atoms with Gasteiger partial charge >= 0.3 is 0 Å². The van der Waals surface area contributed by atoms with E-state index in [0.717, 1.165) is 0 Å². The standard InChI is InChI=1S/C14H12F2N2O3S2/c15-14(16)22-11-5-3-10(4-6-11)18-23(20,21)12-7-1-9(2-8-12)13(17)19/h1-8,14,18H,(H2,17,19). The van der Waals surface area contributed by atoms with Crippen LogP contribution in [0.3, 0.4) is 0 Å². The molecule has 9 heteroatoms. The number of anilines is 1. The van der Waals surface area contributed by atoms with Crippen molar-refractivity contribution in [1.29, 1.82) is 0 Å². The van der Waals surface area contributed by atoms with Gasteiger partial charge in [0.25, 0.3) is 15.8 Å². The molecule has 0 aromatic heterocycles. The molecule has 122 valence electrons. The third-order valence-corrected chi connectivity index (χ3v) is 4.90. The number of hydrogen-bond donors (Lipinski definition) is 2. The normalized spacial score (nSPS) is 11.4. The van der Waals surface area contributed by atoms with Crippen LogP contribution in [0.2, 0.25) is 0 Å². The van der Waals surface area contributed by atoms with Crippen LogP contribution in [0.25, 0.3) is 0 Å². The van der Waals surface area contributed by atoms with Crippen molar-refractivity contribution in [3.63, 3.8) is 0 Å². The lowest BCUT2D eigenvalue weighted by molar-refractivity contribution is 0.1000. The monoisotopic (exact) mass is 358 g/mol. The van der Waals surface area contributed by atoms with E-state index >= 15 is 0 Å². The van der Waals surface area contributed by atoms with E-state index in [-0.39, 0.29) is 16.1 Å². The topological polar surface area (TPSA) is 89.3 Å². The van der Waals surface area contributed by atoms with Gasteiger partial charge in [0.15, 0.2) is 0 Å². The van der Waals surface area contributed by atoms with Gasteiger partial charge in [-0.1, -0.05) is 11.8 Å². The van der Waals surface area contributed by atoms with Crippen molar-refractivity contribution in [3.8, 4) is 0 Å². The molecule has 2 rings (SSSR count). The lowest BCUT2D eigenvalue weighted by atomic mass is 10.2. The zero-order valence-electron chi connectivity index (χ0n) is 11.6. The van der Waals surface area contributed by atoms with E-state index in [0.29, 0.717) is 16.7 Å². The number of primary amides is 1. The predicted molar refractivity (Wildman–Crippen MR) is 84.1 cm³/mol. The Morgan fingerprint density at radius 1 is 1.04 bits per heavy atom. The van der Waals surface area contributed by atoms with Gasteiger partial charge in [-0.15, -0.1) is 0 Å². The molecule has 23 heavy (non-hydrogen) atoms. The molecular formula is C14H12F2N2O3S2. The molecule has 0 bridgehead atoms. The van der Waals surface area contributed by atoms with Crippen molar-refractivity contribution in [2.24, 2.45) is 5.73 Å². The Morgan fingerprint density at radius 2 is 1.61 bits per heavy atom. The second-order valence-corrected chi connectivity index (χ2v) is 7.14. The van der Waals surface area contributed by atoms with Gasteiger partial charge in [-0.05, 0) is 48.5 Å². The minimum absolute atomic E-state index is 0.0477. The van der Waals surface area contributed by atoms with Crippen molar-refractivity contribution in [2.45, 2.75) is 15.5 Å². The van der Waals surface area contributed by atoms with Crippen molar-refractivity contribution in [1.82, 2.24) is 0 Å². The summed E-state index contributed by atoms with van der Waals surface area (Å²) in [5.74, 6) is -3.20. The highest BCUT2D eigenvalue weighted by Crippen LogP contribution is 2.26. The van der Waals surface area contributed by atoms with E-state index in [1.165, 1.54) is 48.5 Å². The molecule has 0 heterocycles. The summed E-state index contributed by atoms with van der Waals surface area (Å²) in [4.78, 5) is 11.2. The highest BCUT2D eigenvalue weighted by atomic mass is 32.2. The fourth-order valence-corrected chi connectivity index (χ4v) is 3.27. The van der Waals surface area contributed by atoms with Crippen molar-refractivity contribution in [3.05, 3.63) is 54.1 Å². The van der Waals surface area contributed by atoms with Crippen molar-refractivity contribution >= 4 is 33.4 Å². The van der Waals surface area contributed by atoms with Gasteiger partial charge in [-0.3, -0.25) is 9.52 Å². The highest BCUT2D eigenvalue weighted by Gasteiger charge is 2.15. The van der Waals surface area contributed by atoms with Gasteiger partial charge in [-0.25, -0.2) is 8.42 Å². The number of thioether (sulfide) groups is 1. The number of rotatable bonds is 6. The molecule has 0 unspecified atom stereocenters. The maximum absolute atomic E-state index is 12.2. The molecule has 0 aliphatic heterocycles. The Kier molecular flexibility index (Phi) is 5.22. The molecule has 0 atom stereocenters. The molecule has 2 aromatic rings. The average molecular weight is 358 g/mol. The van der Waals surface area contributed by atoms with Gasteiger partial charge in [0.1, 0.15) is 0 Å². The zero-order chi connectivity index (χ0) is 17.0. The first-order valence-electron chi connectivity index (χ1n) is 6.25. The summed E-state index contributed by atoms with van der Waals surface area (Å²) in [6.07, 6.45) is 0. The Hall–Kier alpha value is -2.13. The molecule has 0 saturated carbocycles. The summed E-state index contributed by atoms with van der Waals surface area (Å²) in [5.41, 5.74) is 5.52. The van der Waals surface area contributed by atoms with Crippen molar-refractivity contribution < 1.29 is 22.0 Å². The number of nitrogens with one attached hydrogen (secondary N) is 1. The lowest BCUT2D eigenvalue weighted by Gasteiger charge is -2.09. The summed E-state index contributed by atoms with van der Waals surface area (Å²) in [6, 6.07) is 10.7. The Bertz CT molecular complexity index is 792. The first-order valence-corrected chi connectivity index (χ1v) is 8.62. The smallest absolute Gasteiger partial charge is 0.288 e. The molecule has 3 N–H and O–H groups in total. The molecule has 0 aliphatic carbocycles. The first kappa shape index (κ1) is 17.2. The highest BCUT2D eigenvalue weighted by molar-refractivity contribution is 7.99. The Labute approximate surface area is 135 Å². The Balaban J connectivity index is 2.15. The zero-order valence-corrected chi connectivity index (χ0v) is 13.2. The predicted octanol–water partition coefficient (Wildman–Crippen LogP) is 2.90. The lowest BCUT2D eigenvalue weighted by Crippen LogP contribution is -2.14. The van der Waals surface area contributed by atoms with Gasteiger partial charge in [0, 0.05) is 16.1 Å². The maximum atomic E-state index is 12.2. The Morgan fingerprint density at radius 3 is 2.09 bits per heavy atom. The largest absolute Gasteiger partial charge is 0.366 e. The molecule has 0 spiro atoms. The number of nitrogens with two attached hydrogens (primary N) is 1. The fourth-order valence-electron chi connectivity index (χ4n) is 1.72. The minimum atomic E-state index is -3.85. The van der Waals surface area contributed by atoms with Crippen LogP contribution in [-0.4, -0.2) is 20.1 Å². The molecule has 5 nitrogen and oxygen atoms in total. The molecule has 0 aliphatic rings. The second kappa shape index (κ2) is 6.97. The van der Waals surface area contributed by atoms with Crippen LogP contribution in [-0.2, 0) is 10.0 Å². The third kappa shape index (κ3) is 4.67. The van der Waals surface area contributed by atoms with E-state index in [9.17, 15) is 22.0 Å². The maximum Gasteiger partial charge on any atom is 0.288 e. The van der Waals surface area contributed by atoms with E-state index in [4.69, 9.17) is 5.73 Å². The molecule has 0 fully saturated rings. The molecule has 1 amide bonds. The summed E-state index contributed by atoms with van der Waals surface area (Å²) in [5, 5.41) is 0. The number of hydrogen-bond acceptors (Lipinski definition) is 4. The minimum Gasteiger partial charge on any atom is -0.366 e. The quantitative estimate of drug-likeness (QED) is 0.777. The molecule has 0 radical (unpaired) electrons. The molecular weight excluding hydrogens is 346 g/mol. The first-order chi connectivity index (χ1) is 10.8. The number of benzene rings is 2.